The Morgan fingerprint density at radius 3 is 1.89 bits per heavy atom. The maximum absolute atomic E-state index is 11.4. The second-order valence-electron chi connectivity index (χ2n) is 17.8. The van der Waals surface area contributed by atoms with E-state index >= 15 is 0 Å². The number of hydrogen-bond acceptors (Lipinski definition) is 4. The summed E-state index contributed by atoms with van der Waals surface area (Å²) in [5, 5.41) is 12.5. The summed E-state index contributed by atoms with van der Waals surface area (Å²) < 4.78 is 2.14. The minimum absolute atomic E-state index is 0. The average Bonchev–Trinajstić information content (AvgIpc) is 3.49. The molecule has 0 aliphatic rings. The van der Waals surface area contributed by atoms with Crippen LogP contribution < -0.4 is 0 Å². The van der Waals surface area contributed by atoms with E-state index in [1.54, 1.807) is 6.07 Å². The van der Waals surface area contributed by atoms with E-state index in [-0.39, 0.29) is 49.0 Å². The molecular weight excluding hydrogens is 844 g/mol. The molecule has 0 aliphatic heterocycles. The van der Waals surface area contributed by atoms with E-state index in [1.165, 1.54) is 16.7 Å². The molecule has 280 valence electrons. The summed E-state index contributed by atoms with van der Waals surface area (Å²) in [5.41, 5.74) is 12.7. The van der Waals surface area contributed by atoms with Crippen molar-refractivity contribution < 1.29 is 26.2 Å². The van der Waals surface area contributed by atoms with Crippen molar-refractivity contribution in [2.24, 2.45) is 0 Å². The molecule has 0 radical (unpaired) electrons. The van der Waals surface area contributed by atoms with Crippen LogP contribution in [0.2, 0.25) is 0 Å². The van der Waals surface area contributed by atoms with Gasteiger partial charge in [0.25, 0.3) is 0 Å². The molecule has 0 unspecified atom stereocenters. The Morgan fingerprint density at radius 1 is 0.648 bits per heavy atom. The van der Waals surface area contributed by atoms with Gasteiger partial charge in [0.05, 0.1) is 22.8 Å². The number of benzene rings is 4. The fraction of sp³-hybridized carbons (Fsp3) is 0.312. The predicted molar refractivity (Wildman–Crippen MR) is 221 cm³/mol. The molecule has 0 fully saturated rings. The number of rotatable bonds is 5. The van der Waals surface area contributed by atoms with Gasteiger partial charge in [-0.05, 0) is 80.1 Å². The second kappa shape index (κ2) is 14.2. The smallest absolute Gasteiger partial charge is 0.148 e. The summed E-state index contributed by atoms with van der Waals surface area (Å²) in [6.45, 7) is 24.4. The molecule has 7 rings (SSSR count). The van der Waals surface area contributed by atoms with Crippen LogP contribution in [-0.2, 0) is 37.3 Å². The molecule has 1 N–H and O–H groups in total. The standard InChI is InChI=1S/C48H51N4O.Pt/c1-29(2)31-21-32(38-26-36(48(9,10)11)24-30-13-12-20-50-43(30)38)23-33(22-31)40-27-49-28-41-44(40)51-45(39-25-35(47(6,7)8)16-19-42(39)53)52(41)37-17-14-34(15-18-37)46(3,4)5;/h12-22,24-29,53H,1-11H3;/q-1;. The Labute approximate surface area is 335 Å². The number of aromatic nitrogens is 4. The summed E-state index contributed by atoms with van der Waals surface area (Å²) in [4.78, 5) is 15.1. The van der Waals surface area contributed by atoms with Gasteiger partial charge < -0.3 is 5.11 Å². The van der Waals surface area contributed by atoms with Crippen molar-refractivity contribution in [1.82, 2.24) is 19.5 Å². The minimum Gasteiger partial charge on any atom is -0.507 e. The summed E-state index contributed by atoms with van der Waals surface area (Å²) in [6, 6.07) is 31.5. The fourth-order valence-corrected chi connectivity index (χ4v) is 6.97. The number of hydrogen-bond donors (Lipinski definition) is 1. The van der Waals surface area contributed by atoms with E-state index in [1.807, 2.05) is 30.7 Å². The maximum atomic E-state index is 11.4. The number of fused-ring (bicyclic) bond motifs is 2. The van der Waals surface area contributed by atoms with Crippen molar-refractivity contribution in [3.63, 3.8) is 0 Å². The van der Waals surface area contributed by atoms with E-state index in [9.17, 15) is 5.11 Å². The molecule has 5 nitrogen and oxygen atoms in total. The third-order valence-corrected chi connectivity index (χ3v) is 10.4. The maximum Gasteiger partial charge on any atom is 0.148 e. The average molecular weight is 895 g/mol. The van der Waals surface area contributed by atoms with Crippen LogP contribution in [0.25, 0.3) is 61.3 Å². The van der Waals surface area contributed by atoms with Gasteiger partial charge in [0, 0.05) is 44.7 Å². The molecule has 4 aromatic carbocycles. The van der Waals surface area contributed by atoms with E-state index in [0.29, 0.717) is 11.4 Å². The molecule has 3 aromatic heterocycles. The number of pyridine rings is 2. The zero-order valence-corrected chi connectivity index (χ0v) is 35.6. The van der Waals surface area contributed by atoms with Crippen molar-refractivity contribution in [1.29, 1.82) is 0 Å². The number of phenols is 1. The molecule has 0 atom stereocenters. The van der Waals surface area contributed by atoms with E-state index in [2.05, 4.69) is 147 Å². The van der Waals surface area contributed by atoms with Crippen LogP contribution in [0, 0.1) is 6.07 Å². The van der Waals surface area contributed by atoms with Crippen LogP contribution in [-0.4, -0.2) is 24.6 Å². The number of imidazole rings is 1. The van der Waals surface area contributed by atoms with Gasteiger partial charge >= 0.3 is 0 Å². The van der Waals surface area contributed by atoms with E-state index < -0.39 is 0 Å². The van der Waals surface area contributed by atoms with Crippen LogP contribution in [0.5, 0.6) is 5.75 Å². The van der Waals surface area contributed by atoms with Gasteiger partial charge in [0.1, 0.15) is 11.6 Å². The third-order valence-electron chi connectivity index (χ3n) is 10.4. The minimum atomic E-state index is -0.119. The number of nitrogens with zero attached hydrogens (tertiary/aromatic N) is 4. The van der Waals surface area contributed by atoms with Gasteiger partial charge in [0.2, 0.25) is 0 Å². The quantitative estimate of drug-likeness (QED) is 0.175. The summed E-state index contributed by atoms with van der Waals surface area (Å²) in [5.74, 6) is 1.12. The van der Waals surface area contributed by atoms with Crippen molar-refractivity contribution in [3.8, 4) is 45.1 Å². The van der Waals surface area contributed by atoms with E-state index in [0.717, 1.165) is 55.4 Å². The first kappa shape index (κ1) is 39.1. The third kappa shape index (κ3) is 7.40. The van der Waals surface area contributed by atoms with Gasteiger partial charge in [-0.25, -0.2) is 4.98 Å². The molecule has 0 aliphatic carbocycles. The second-order valence-corrected chi connectivity index (χ2v) is 17.8. The van der Waals surface area contributed by atoms with Crippen LogP contribution in [0.4, 0.5) is 0 Å². The number of phenolic OH excluding ortho intramolecular Hbond substituents is 1. The monoisotopic (exact) mass is 894 g/mol. The van der Waals surface area contributed by atoms with Crippen molar-refractivity contribution in [2.45, 2.75) is 98.3 Å². The molecular formula is C48H51N4OPt-. The summed E-state index contributed by atoms with van der Waals surface area (Å²) >= 11 is 0. The molecule has 0 saturated carbocycles. The van der Waals surface area contributed by atoms with Gasteiger partial charge in [-0.1, -0.05) is 118 Å². The van der Waals surface area contributed by atoms with Crippen molar-refractivity contribution >= 4 is 21.9 Å². The fourth-order valence-electron chi connectivity index (χ4n) is 6.97. The van der Waals surface area contributed by atoms with Crippen LogP contribution in [0.3, 0.4) is 0 Å². The molecule has 0 saturated heterocycles. The van der Waals surface area contributed by atoms with Crippen LogP contribution in [0.1, 0.15) is 104 Å². The van der Waals surface area contributed by atoms with Gasteiger partial charge in [0.15, 0.2) is 0 Å². The molecule has 7 aromatic rings. The van der Waals surface area contributed by atoms with Gasteiger partial charge in [-0.15, -0.1) is 34.9 Å². The SMILES string of the molecule is CC(C)c1cc(-c2cc(C(C)(C)C)cc3cccnc23)[c-]c(-c2cncc3c2nc(-c2cc(C(C)(C)C)ccc2O)n3-c2ccc(C(C)(C)C)cc2)c1.[Pt]. The van der Waals surface area contributed by atoms with Crippen LogP contribution in [0.15, 0.2) is 97.5 Å². The Balaban J connectivity index is 0.00000497. The summed E-state index contributed by atoms with van der Waals surface area (Å²) in [7, 11) is 0. The first-order chi connectivity index (χ1) is 24.9. The number of aromatic hydroxyl groups is 1. The van der Waals surface area contributed by atoms with Crippen molar-refractivity contribution in [2.75, 3.05) is 0 Å². The first-order valence-corrected chi connectivity index (χ1v) is 18.7. The summed E-state index contributed by atoms with van der Waals surface area (Å²) in [6.07, 6.45) is 5.65. The molecule has 0 bridgehead atoms. The Morgan fingerprint density at radius 2 is 1.26 bits per heavy atom. The zero-order chi connectivity index (χ0) is 38.0. The first-order valence-electron chi connectivity index (χ1n) is 18.7. The van der Waals surface area contributed by atoms with Gasteiger partial charge in [-0.2, -0.15) is 0 Å². The Kier molecular flexibility index (Phi) is 10.3. The zero-order valence-electron chi connectivity index (χ0n) is 33.4. The molecule has 0 spiro atoms. The van der Waals surface area contributed by atoms with Crippen LogP contribution >= 0.6 is 0 Å². The normalized spacial score (nSPS) is 12.4. The Bertz CT molecular complexity index is 2490. The largest absolute Gasteiger partial charge is 0.507 e. The molecule has 6 heteroatoms. The molecule has 3 heterocycles. The predicted octanol–water partition coefficient (Wildman–Crippen LogP) is 12.5. The van der Waals surface area contributed by atoms with Crippen molar-refractivity contribution in [3.05, 3.63) is 126 Å². The molecule has 0 amide bonds. The van der Waals surface area contributed by atoms with Gasteiger partial charge in [-0.3, -0.25) is 14.5 Å². The Hall–Kier alpha value is -4.60. The molecule has 54 heavy (non-hydrogen) atoms. The topological polar surface area (TPSA) is 63.8 Å². The van der Waals surface area contributed by atoms with E-state index in [4.69, 9.17) is 15.0 Å².